The van der Waals surface area contributed by atoms with E-state index in [0.717, 1.165) is 4.31 Å². The Hall–Kier alpha value is -3.95. The van der Waals surface area contributed by atoms with E-state index < -0.39 is 10.0 Å². The highest BCUT2D eigenvalue weighted by molar-refractivity contribution is 7.89. The zero-order valence-electron chi connectivity index (χ0n) is 18.8. The van der Waals surface area contributed by atoms with Gasteiger partial charge in [0.1, 0.15) is 6.33 Å². The first-order chi connectivity index (χ1) is 16.8. The van der Waals surface area contributed by atoms with Crippen molar-refractivity contribution in [2.24, 2.45) is 0 Å². The molecule has 0 bridgehead atoms. The zero-order chi connectivity index (χ0) is 24.7. The van der Waals surface area contributed by atoms with Gasteiger partial charge in [-0.15, -0.1) is 0 Å². The van der Waals surface area contributed by atoms with Crippen molar-refractivity contribution in [1.29, 1.82) is 0 Å². The van der Waals surface area contributed by atoms with Gasteiger partial charge in [0.05, 0.1) is 15.9 Å². The van der Waals surface area contributed by atoms with Gasteiger partial charge in [-0.1, -0.05) is 36.4 Å². The highest BCUT2D eigenvalue weighted by atomic mass is 32.2. The smallest absolute Gasteiger partial charge is 0.242 e. The van der Waals surface area contributed by atoms with Gasteiger partial charge in [-0.25, -0.2) is 17.7 Å². The molecule has 1 heterocycles. The Bertz CT molecular complexity index is 1620. The maximum atomic E-state index is 13.2. The summed E-state index contributed by atoms with van der Waals surface area (Å²) < 4.78 is 28.9. The number of imidazole rings is 1. The summed E-state index contributed by atoms with van der Waals surface area (Å²) in [4.78, 5) is 42.5. The van der Waals surface area contributed by atoms with E-state index in [-0.39, 0.29) is 52.0 Å². The summed E-state index contributed by atoms with van der Waals surface area (Å²) in [6.45, 7) is 0.105. The third-order valence-electron chi connectivity index (χ3n) is 6.19. The highest BCUT2D eigenvalue weighted by Crippen LogP contribution is 2.29. The number of benzene rings is 3. The Balaban J connectivity index is 1.31. The quantitative estimate of drug-likeness (QED) is 0.363. The van der Waals surface area contributed by atoms with Crippen LogP contribution in [-0.4, -0.2) is 53.3 Å². The topological polar surface area (TPSA) is 106 Å². The Morgan fingerprint density at radius 1 is 0.886 bits per heavy atom. The number of fused-ring (bicyclic) bond motifs is 3. The van der Waals surface area contributed by atoms with Crippen LogP contribution in [0.15, 0.2) is 78.0 Å². The fourth-order valence-corrected chi connectivity index (χ4v) is 5.51. The number of carbonyl (C=O) groups excluding carboxylic acids is 3. The van der Waals surface area contributed by atoms with Gasteiger partial charge >= 0.3 is 0 Å². The minimum absolute atomic E-state index is 0.0744. The van der Waals surface area contributed by atoms with E-state index in [1.165, 1.54) is 36.1 Å². The number of aromatic nitrogens is 2. The molecule has 4 aromatic rings. The van der Waals surface area contributed by atoms with Crippen LogP contribution in [0.2, 0.25) is 0 Å². The van der Waals surface area contributed by atoms with E-state index in [1.54, 1.807) is 30.3 Å². The summed E-state index contributed by atoms with van der Waals surface area (Å²) in [5.41, 5.74) is 2.25. The lowest BCUT2D eigenvalue weighted by Crippen LogP contribution is -2.29. The predicted octanol–water partition coefficient (Wildman–Crippen LogP) is 3.55. The van der Waals surface area contributed by atoms with Crippen molar-refractivity contribution < 1.29 is 22.8 Å². The first-order valence-electron chi connectivity index (χ1n) is 11.0. The van der Waals surface area contributed by atoms with Crippen molar-refractivity contribution in [3.05, 3.63) is 95.3 Å². The van der Waals surface area contributed by atoms with E-state index >= 15 is 0 Å². The van der Waals surface area contributed by atoms with Gasteiger partial charge in [0, 0.05) is 42.3 Å². The number of sulfonamides is 1. The number of hydrogen-bond acceptors (Lipinski definition) is 6. The molecule has 5 rings (SSSR count). The van der Waals surface area contributed by atoms with E-state index in [2.05, 4.69) is 4.98 Å². The first kappa shape index (κ1) is 22.8. The molecule has 0 fully saturated rings. The molecule has 0 radical (unpaired) electrons. The summed E-state index contributed by atoms with van der Waals surface area (Å²) in [6.07, 6.45) is 1.90. The molecular formula is C26H21N3O5S. The molecule has 1 aliphatic carbocycles. The molecule has 0 amide bonds. The maximum Gasteiger partial charge on any atom is 0.242 e. The molecular weight excluding hydrogens is 466 g/mol. The van der Waals surface area contributed by atoms with Gasteiger partial charge in [0.25, 0.3) is 0 Å². The maximum absolute atomic E-state index is 13.2. The van der Waals surface area contributed by atoms with E-state index in [1.807, 2.05) is 18.2 Å². The van der Waals surface area contributed by atoms with Crippen molar-refractivity contribution in [2.45, 2.75) is 17.7 Å². The molecule has 1 aromatic heterocycles. The third kappa shape index (κ3) is 3.88. The van der Waals surface area contributed by atoms with Crippen LogP contribution in [0.4, 0.5) is 0 Å². The minimum atomic E-state index is -3.94. The van der Waals surface area contributed by atoms with Gasteiger partial charge in [-0.3, -0.25) is 19.0 Å². The molecule has 176 valence electrons. The van der Waals surface area contributed by atoms with E-state index in [0.29, 0.717) is 23.0 Å². The summed E-state index contributed by atoms with van der Waals surface area (Å²) >= 11 is 0. The minimum Gasteiger partial charge on any atom is -0.289 e. The van der Waals surface area contributed by atoms with Gasteiger partial charge in [-0.05, 0) is 36.8 Å². The molecule has 35 heavy (non-hydrogen) atoms. The van der Waals surface area contributed by atoms with Crippen LogP contribution in [0.3, 0.4) is 0 Å². The average Bonchev–Trinajstić information content (AvgIpc) is 3.31. The van der Waals surface area contributed by atoms with E-state index in [9.17, 15) is 22.8 Å². The average molecular weight is 488 g/mol. The highest BCUT2D eigenvalue weighted by Gasteiger charge is 2.31. The van der Waals surface area contributed by atoms with Crippen LogP contribution in [0, 0.1) is 0 Å². The van der Waals surface area contributed by atoms with Crippen LogP contribution < -0.4 is 0 Å². The van der Waals surface area contributed by atoms with E-state index in [4.69, 9.17) is 0 Å². The molecule has 3 aromatic carbocycles. The second-order valence-electron chi connectivity index (χ2n) is 8.34. The molecule has 0 atom stereocenters. The summed E-state index contributed by atoms with van der Waals surface area (Å²) in [7, 11) is -2.51. The van der Waals surface area contributed by atoms with Gasteiger partial charge in [-0.2, -0.15) is 0 Å². The van der Waals surface area contributed by atoms with Gasteiger partial charge < -0.3 is 0 Å². The standard InChI is InChI=1S/C26H21N3O5S/c1-28(14-6-11-24(30)29-16-27-22-9-4-5-10-23(22)29)35(33,34)17-12-13-20-21(15-17)26(32)19-8-3-2-7-18(19)25(20)31/h2-5,7-10,12-13,15-16H,6,11,14H2,1H3. The van der Waals surface area contributed by atoms with Crippen LogP contribution in [0.5, 0.6) is 0 Å². The summed E-state index contributed by atoms with van der Waals surface area (Å²) in [5, 5.41) is 0. The van der Waals surface area contributed by atoms with Crippen molar-refractivity contribution in [2.75, 3.05) is 13.6 Å². The molecule has 0 aliphatic heterocycles. The number of nitrogens with zero attached hydrogens (tertiary/aromatic N) is 3. The number of para-hydroxylation sites is 2. The number of hydrogen-bond donors (Lipinski definition) is 0. The molecule has 9 heteroatoms. The Kier molecular flexibility index (Phi) is 5.66. The monoisotopic (exact) mass is 487 g/mol. The lowest BCUT2D eigenvalue weighted by Gasteiger charge is -2.20. The lowest BCUT2D eigenvalue weighted by molar-refractivity contribution is 0.0902. The van der Waals surface area contributed by atoms with Crippen LogP contribution in [0.1, 0.15) is 49.5 Å². The number of rotatable bonds is 6. The van der Waals surface area contributed by atoms with Crippen molar-refractivity contribution in [3.8, 4) is 0 Å². The third-order valence-corrected chi connectivity index (χ3v) is 8.04. The fraction of sp³-hybridized carbons (Fsp3) is 0.154. The lowest BCUT2D eigenvalue weighted by atomic mass is 9.84. The molecule has 0 spiro atoms. The van der Waals surface area contributed by atoms with Crippen molar-refractivity contribution in [1.82, 2.24) is 13.9 Å². The van der Waals surface area contributed by atoms with Crippen LogP contribution in [0.25, 0.3) is 11.0 Å². The Morgan fingerprint density at radius 2 is 1.51 bits per heavy atom. The van der Waals surface area contributed by atoms with Gasteiger partial charge in [0.15, 0.2) is 11.6 Å². The van der Waals surface area contributed by atoms with Gasteiger partial charge in [0.2, 0.25) is 15.9 Å². The molecule has 0 unspecified atom stereocenters. The van der Waals surface area contributed by atoms with Crippen LogP contribution >= 0.6 is 0 Å². The molecule has 0 saturated heterocycles. The zero-order valence-corrected chi connectivity index (χ0v) is 19.7. The normalized spacial score (nSPS) is 13.2. The molecule has 1 aliphatic rings. The number of ketones is 2. The molecule has 0 N–H and O–H groups in total. The number of carbonyl (C=O) groups is 3. The van der Waals surface area contributed by atoms with Crippen molar-refractivity contribution in [3.63, 3.8) is 0 Å². The predicted molar refractivity (Wildman–Crippen MR) is 129 cm³/mol. The Morgan fingerprint density at radius 3 is 2.26 bits per heavy atom. The molecule has 8 nitrogen and oxygen atoms in total. The summed E-state index contributed by atoms with van der Waals surface area (Å²) in [6, 6.07) is 17.8. The second kappa shape index (κ2) is 8.68. The Labute approximate surface area is 201 Å². The largest absolute Gasteiger partial charge is 0.289 e. The first-order valence-corrected chi connectivity index (χ1v) is 12.5. The second-order valence-corrected chi connectivity index (χ2v) is 10.4. The SMILES string of the molecule is CN(CCCC(=O)n1cnc2ccccc21)S(=O)(=O)c1ccc2c(c1)C(=O)c1ccccc1C2=O. The fourth-order valence-electron chi connectivity index (χ4n) is 4.27. The van der Waals surface area contributed by atoms with Crippen molar-refractivity contribution >= 4 is 38.5 Å². The molecule has 0 saturated carbocycles. The van der Waals surface area contributed by atoms with Crippen LogP contribution in [-0.2, 0) is 10.0 Å². The summed E-state index contributed by atoms with van der Waals surface area (Å²) in [5.74, 6) is -0.868.